The number of allylic oxidation sites excluding steroid dienone is 2. The first-order chi connectivity index (χ1) is 13.8. The van der Waals surface area contributed by atoms with E-state index in [-0.39, 0.29) is 36.2 Å². The number of carboxylic acid groups (broad SMARTS) is 1. The van der Waals surface area contributed by atoms with Gasteiger partial charge in [0.15, 0.2) is 0 Å². The average Bonchev–Trinajstić information content (AvgIpc) is 2.92. The molecule has 0 saturated heterocycles. The minimum atomic E-state index is -0.821. The summed E-state index contributed by atoms with van der Waals surface area (Å²) in [5, 5.41) is 38.7. The molecular weight excluding hydrogens is 372 g/mol. The lowest BCUT2D eigenvalue weighted by Gasteiger charge is -2.17. The Morgan fingerprint density at radius 1 is 1.31 bits per heavy atom. The number of aliphatic hydroxyl groups excluding tert-OH is 2. The summed E-state index contributed by atoms with van der Waals surface area (Å²) in [6.45, 7) is 1.79. The van der Waals surface area contributed by atoms with Crippen molar-refractivity contribution in [3.63, 3.8) is 0 Å². The van der Waals surface area contributed by atoms with Gasteiger partial charge in [0.1, 0.15) is 11.5 Å². The summed E-state index contributed by atoms with van der Waals surface area (Å²) in [7, 11) is 0. The Kier molecular flexibility index (Phi) is 8.61. The molecule has 2 rings (SSSR count). The van der Waals surface area contributed by atoms with E-state index in [9.17, 15) is 24.9 Å². The molecular formula is C23H30O6. The van der Waals surface area contributed by atoms with E-state index in [2.05, 4.69) is 0 Å². The van der Waals surface area contributed by atoms with Crippen LogP contribution in [-0.2, 0) is 16.0 Å². The number of rotatable bonds is 10. The van der Waals surface area contributed by atoms with Crippen molar-refractivity contribution < 1.29 is 30.0 Å². The highest BCUT2D eigenvalue weighted by Gasteiger charge is 2.39. The van der Waals surface area contributed by atoms with Gasteiger partial charge in [0, 0.05) is 31.1 Å². The number of hydrogen-bond donors (Lipinski definition) is 4. The summed E-state index contributed by atoms with van der Waals surface area (Å²) in [5.41, 5.74) is 1.63. The van der Waals surface area contributed by atoms with E-state index in [0.29, 0.717) is 25.7 Å². The maximum Gasteiger partial charge on any atom is 0.303 e. The Bertz CT molecular complexity index is 767. The van der Waals surface area contributed by atoms with Gasteiger partial charge >= 0.3 is 5.97 Å². The number of aryl methyl sites for hydroxylation is 1. The van der Waals surface area contributed by atoms with Gasteiger partial charge in [0.05, 0.1) is 12.2 Å². The molecule has 6 heteroatoms. The Labute approximate surface area is 171 Å². The van der Waals surface area contributed by atoms with Crippen LogP contribution >= 0.6 is 0 Å². The van der Waals surface area contributed by atoms with Crippen LogP contribution in [0.25, 0.3) is 0 Å². The number of Topliss-reactive ketones (excluding diaryl/α,β-unsaturated/α-hetero) is 1. The summed E-state index contributed by atoms with van der Waals surface area (Å²) >= 11 is 0. The lowest BCUT2D eigenvalue weighted by molar-refractivity contribution is -0.137. The second-order valence-electron chi connectivity index (χ2n) is 7.69. The van der Waals surface area contributed by atoms with Gasteiger partial charge in [0.25, 0.3) is 0 Å². The Morgan fingerprint density at radius 3 is 2.76 bits per heavy atom. The zero-order chi connectivity index (χ0) is 21.4. The van der Waals surface area contributed by atoms with E-state index in [1.54, 1.807) is 31.2 Å². The molecule has 6 nitrogen and oxygen atoms in total. The Balaban J connectivity index is 1.91. The van der Waals surface area contributed by atoms with Crippen molar-refractivity contribution in [2.24, 2.45) is 11.8 Å². The SMILES string of the molecule is Cc1cc(C[C@H](O)C=C[C@H]2[C@H](O)CC(=O)[C@@H]2CC=CCCCC(=O)O)ccc1O. The van der Waals surface area contributed by atoms with Crippen LogP contribution in [0, 0.1) is 18.8 Å². The minimum absolute atomic E-state index is 0.00554. The third-order valence-corrected chi connectivity index (χ3v) is 5.31. The summed E-state index contributed by atoms with van der Waals surface area (Å²) < 4.78 is 0. The van der Waals surface area contributed by atoms with Crippen molar-refractivity contribution in [1.82, 2.24) is 0 Å². The predicted molar refractivity (Wildman–Crippen MR) is 110 cm³/mol. The maximum atomic E-state index is 12.2. The monoisotopic (exact) mass is 402 g/mol. The van der Waals surface area contributed by atoms with Crippen molar-refractivity contribution in [2.75, 3.05) is 0 Å². The molecule has 4 atom stereocenters. The van der Waals surface area contributed by atoms with Crippen molar-refractivity contribution in [2.45, 2.75) is 57.7 Å². The van der Waals surface area contributed by atoms with Crippen molar-refractivity contribution >= 4 is 11.8 Å². The van der Waals surface area contributed by atoms with Gasteiger partial charge in [-0.15, -0.1) is 0 Å². The molecule has 4 N–H and O–H groups in total. The fraction of sp³-hybridized carbons (Fsp3) is 0.478. The molecule has 1 aromatic carbocycles. The van der Waals surface area contributed by atoms with Gasteiger partial charge in [-0.05, 0) is 43.4 Å². The van der Waals surface area contributed by atoms with Gasteiger partial charge in [-0.25, -0.2) is 0 Å². The molecule has 0 aliphatic heterocycles. The Hall–Kier alpha value is -2.44. The largest absolute Gasteiger partial charge is 0.508 e. The lowest BCUT2D eigenvalue weighted by atomic mass is 9.90. The van der Waals surface area contributed by atoms with E-state index in [0.717, 1.165) is 11.1 Å². The maximum absolute atomic E-state index is 12.2. The predicted octanol–water partition coefficient (Wildman–Crippen LogP) is 2.93. The second-order valence-corrected chi connectivity index (χ2v) is 7.69. The first-order valence-corrected chi connectivity index (χ1v) is 10.0. The number of carbonyl (C=O) groups is 2. The summed E-state index contributed by atoms with van der Waals surface area (Å²) in [6, 6.07) is 5.17. The molecule has 0 amide bonds. The highest BCUT2D eigenvalue weighted by atomic mass is 16.4. The number of carbonyl (C=O) groups excluding carboxylic acids is 1. The van der Waals surface area contributed by atoms with Crippen LogP contribution in [0.15, 0.2) is 42.5 Å². The minimum Gasteiger partial charge on any atom is -0.508 e. The van der Waals surface area contributed by atoms with Crippen LogP contribution in [-0.4, -0.2) is 44.4 Å². The highest BCUT2D eigenvalue weighted by Crippen LogP contribution is 2.33. The van der Waals surface area contributed by atoms with E-state index in [4.69, 9.17) is 5.11 Å². The number of aliphatic carboxylic acids is 1. The topological polar surface area (TPSA) is 115 Å². The first kappa shape index (κ1) is 22.8. The summed E-state index contributed by atoms with van der Waals surface area (Å²) in [4.78, 5) is 22.7. The molecule has 0 aromatic heterocycles. The molecule has 1 fully saturated rings. The molecule has 1 aliphatic rings. The lowest BCUT2D eigenvalue weighted by Crippen LogP contribution is -2.19. The van der Waals surface area contributed by atoms with Gasteiger partial charge in [-0.3, -0.25) is 9.59 Å². The number of phenols is 1. The normalized spacial score (nSPS) is 23.3. The molecule has 1 saturated carbocycles. The molecule has 0 heterocycles. The zero-order valence-electron chi connectivity index (χ0n) is 16.7. The third kappa shape index (κ3) is 7.15. The standard InChI is InChI=1S/C23H30O6/c1-15-12-16(8-11-20(15)25)13-17(24)9-10-19-18(21(26)14-22(19)27)6-4-2-3-5-7-23(28)29/h2,4,8-12,17-19,22,24-25,27H,3,5-7,13-14H2,1H3,(H,28,29)/t17-,18-,19-,22-/m1/s1. The number of unbranched alkanes of at least 4 members (excludes halogenated alkanes) is 1. The molecule has 158 valence electrons. The first-order valence-electron chi connectivity index (χ1n) is 10.0. The molecule has 0 radical (unpaired) electrons. The third-order valence-electron chi connectivity index (χ3n) is 5.31. The van der Waals surface area contributed by atoms with Crippen LogP contribution < -0.4 is 0 Å². The number of phenolic OH excluding ortho intramolecular Hbond substituents is 1. The average molecular weight is 402 g/mol. The van der Waals surface area contributed by atoms with E-state index < -0.39 is 18.2 Å². The number of carboxylic acids is 1. The Morgan fingerprint density at radius 2 is 2.07 bits per heavy atom. The fourth-order valence-electron chi connectivity index (χ4n) is 3.67. The van der Waals surface area contributed by atoms with Crippen LogP contribution in [0.5, 0.6) is 5.75 Å². The highest BCUT2D eigenvalue weighted by molar-refractivity contribution is 5.84. The number of ketones is 1. The molecule has 0 bridgehead atoms. The van der Waals surface area contributed by atoms with Crippen LogP contribution in [0.1, 0.15) is 43.2 Å². The van der Waals surface area contributed by atoms with Crippen molar-refractivity contribution in [1.29, 1.82) is 0 Å². The molecule has 1 aliphatic carbocycles. The molecule has 1 aromatic rings. The van der Waals surface area contributed by atoms with Crippen LogP contribution in [0.3, 0.4) is 0 Å². The zero-order valence-corrected chi connectivity index (χ0v) is 16.7. The van der Waals surface area contributed by atoms with Gasteiger partial charge in [0.2, 0.25) is 0 Å². The van der Waals surface area contributed by atoms with Crippen molar-refractivity contribution in [3.05, 3.63) is 53.6 Å². The molecule has 0 spiro atoms. The van der Waals surface area contributed by atoms with E-state index >= 15 is 0 Å². The second kappa shape index (κ2) is 10.9. The summed E-state index contributed by atoms with van der Waals surface area (Å²) in [5.74, 6) is -1.28. The summed E-state index contributed by atoms with van der Waals surface area (Å²) in [6.07, 6.45) is 7.89. The van der Waals surface area contributed by atoms with E-state index in [1.165, 1.54) is 0 Å². The van der Waals surface area contributed by atoms with Gasteiger partial charge < -0.3 is 20.4 Å². The van der Waals surface area contributed by atoms with Crippen LogP contribution in [0.2, 0.25) is 0 Å². The fourth-order valence-corrected chi connectivity index (χ4v) is 3.67. The quantitative estimate of drug-likeness (QED) is 0.353. The van der Waals surface area contributed by atoms with Gasteiger partial charge in [-0.1, -0.05) is 36.4 Å². The van der Waals surface area contributed by atoms with Crippen LogP contribution in [0.4, 0.5) is 0 Å². The van der Waals surface area contributed by atoms with Gasteiger partial charge in [-0.2, -0.15) is 0 Å². The van der Waals surface area contributed by atoms with Crippen molar-refractivity contribution in [3.8, 4) is 5.75 Å². The smallest absolute Gasteiger partial charge is 0.303 e. The number of hydrogen-bond acceptors (Lipinski definition) is 5. The molecule has 29 heavy (non-hydrogen) atoms. The number of aliphatic hydroxyl groups is 2. The molecule has 0 unspecified atom stereocenters. The number of aromatic hydroxyl groups is 1. The van der Waals surface area contributed by atoms with E-state index in [1.807, 2.05) is 18.2 Å². The number of benzene rings is 1.